The van der Waals surface area contributed by atoms with Crippen LogP contribution in [0, 0.1) is 11.3 Å². The third-order valence-electron chi connectivity index (χ3n) is 3.54. The lowest BCUT2D eigenvalue weighted by atomic mass is 10.1. The van der Waals surface area contributed by atoms with Gasteiger partial charge in [-0.15, -0.1) is 0 Å². The minimum absolute atomic E-state index is 0.0454. The Morgan fingerprint density at radius 1 is 1.26 bits per heavy atom. The average molecular weight is 431 g/mol. The molecule has 0 saturated carbocycles. The molecule has 0 aliphatic rings. The fraction of sp³-hybridized carbons (Fsp3) is 0.200. The van der Waals surface area contributed by atoms with Gasteiger partial charge in [-0.25, -0.2) is 0 Å². The lowest BCUT2D eigenvalue weighted by Crippen LogP contribution is -2.13. The van der Waals surface area contributed by atoms with Crippen molar-refractivity contribution in [3.63, 3.8) is 0 Å². The van der Waals surface area contributed by atoms with Crippen LogP contribution in [0.4, 0.5) is 5.69 Å². The van der Waals surface area contributed by atoms with Crippen molar-refractivity contribution in [1.82, 2.24) is 0 Å². The van der Waals surface area contributed by atoms with Gasteiger partial charge in [0.05, 0.1) is 25.3 Å². The van der Waals surface area contributed by atoms with E-state index in [0.717, 1.165) is 0 Å². The fourth-order valence-corrected chi connectivity index (χ4v) is 2.90. The van der Waals surface area contributed by atoms with Crippen LogP contribution in [0.2, 0.25) is 0 Å². The summed E-state index contributed by atoms with van der Waals surface area (Å²) in [6.45, 7) is 2.35. The van der Waals surface area contributed by atoms with Crippen LogP contribution in [0.5, 0.6) is 17.2 Å². The van der Waals surface area contributed by atoms with Gasteiger partial charge in [0.1, 0.15) is 17.4 Å². The third-order valence-corrected chi connectivity index (χ3v) is 4.13. The lowest BCUT2D eigenvalue weighted by Gasteiger charge is -2.12. The summed E-state index contributed by atoms with van der Waals surface area (Å²) in [5.74, 6) is 1.16. The first-order chi connectivity index (χ1) is 13.0. The van der Waals surface area contributed by atoms with Crippen LogP contribution in [0.1, 0.15) is 12.5 Å². The summed E-state index contributed by atoms with van der Waals surface area (Å²) in [5, 5.41) is 12.1. The van der Waals surface area contributed by atoms with Gasteiger partial charge in [0.2, 0.25) is 0 Å². The zero-order valence-corrected chi connectivity index (χ0v) is 16.8. The molecule has 0 radical (unpaired) electrons. The molecule has 2 rings (SSSR count). The third kappa shape index (κ3) is 5.25. The predicted molar refractivity (Wildman–Crippen MR) is 107 cm³/mol. The molecule has 0 aliphatic carbocycles. The number of carbonyl (C=O) groups is 1. The van der Waals surface area contributed by atoms with Gasteiger partial charge in [-0.05, 0) is 58.8 Å². The normalized spacial score (nSPS) is 10.7. The molecule has 7 heteroatoms. The summed E-state index contributed by atoms with van der Waals surface area (Å²) >= 11 is 3.43. The molecule has 0 spiro atoms. The summed E-state index contributed by atoms with van der Waals surface area (Å²) in [6, 6.07) is 12.3. The SMILES string of the molecule is CCOc1c(Br)cc(/C=C(\C#N)C(=O)Nc2cccc(OC)c2)cc1OC. The van der Waals surface area contributed by atoms with Crippen molar-refractivity contribution in [2.24, 2.45) is 0 Å². The van der Waals surface area contributed by atoms with Gasteiger partial charge < -0.3 is 19.5 Å². The van der Waals surface area contributed by atoms with Crippen LogP contribution in [0.25, 0.3) is 6.08 Å². The highest BCUT2D eigenvalue weighted by Crippen LogP contribution is 2.37. The Morgan fingerprint density at radius 2 is 2.04 bits per heavy atom. The van der Waals surface area contributed by atoms with Crippen molar-refractivity contribution in [3.05, 3.63) is 52.0 Å². The standard InChI is InChI=1S/C20H19BrN2O4/c1-4-27-19-17(21)9-13(10-18(19)26-3)8-14(12-22)20(24)23-15-6-5-7-16(11-15)25-2/h5-11H,4H2,1-3H3,(H,23,24)/b14-8+. The Balaban J connectivity index is 2.30. The van der Waals surface area contributed by atoms with E-state index < -0.39 is 5.91 Å². The Kier molecular flexibility index (Phi) is 7.26. The molecule has 0 aromatic heterocycles. The Hall–Kier alpha value is -2.98. The quantitative estimate of drug-likeness (QED) is 0.519. The van der Waals surface area contributed by atoms with Crippen LogP contribution < -0.4 is 19.5 Å². The summed E-state index contributed by atoms with van der Waals surface area (Å²) < 4.78 is 16.7. The minimum Gasteiger partial charge on any atom is -0.497 e. The second-order valence-corrected chi connectivity index (χ2v) is 6.18. The molecule has 2 aromatic carbocycles. The molecule has 1 amide bonds. The number of nitriles is 1. The number of nitrogens with one attached hydrogen (secondary N) is 1. The largest absolute Gasteiger partial charge is 0.497 e. The number of hydrogen-bond donors (Lipinski definition) is 1. The maximum atomic E-state index is 12.4. The summed E-state index contributed by atoms with van der Waals surface area (Å²) in [4.78, 5) is 12.4. The summed E-state index contributed by atoms with van der Waals surface area (Å²) in [6.07, 6.45) is 1.48. The highest BCUT2D eigenvalue weighted by molar-refractivity contribution is 9.10. The van der Waals surface area contributed by atoms with Crippen LogP contribution in [-0.2, 0) is 4.79 Å². The van der Waals surface area contributed by atoms with Crippen molar-refractivity contribution in [1.29, 1.82) is 5.26 Å². The van der Waals surface area contributed by atoms with Gasteiger partial charge in [-0.1, -0.05) is 6.07 Å². The van der Waals surface area contributed by atoms with E-state index in [9.17, 15) is 10.1 Å². The van der Waals surface area contributed by atoms with Crippen molar-refractivity contribution < 1.29 is 19.0 Å². The van der Waals surface area contributed by atoms with Crippen LogP contribution in [0.15, 0.2) is 46.4 Å². The number of methoxy groups -OCH3 is 2. The van der Waals surface area contributed by atoms with Gasteiger partial charge in [-0.2, -0.15) is 5.26 Å². The molecule has 0 unspecified atom stereocenters. The fourth-order valence-electron chi connectivity index (χ4n) is 2.32. The first-order valence-electron chi connectivity index (χ1n) is 8.09. The number of benzene rings is 2. The molecule has 0 saturated heterocycles. The summed E-state index contributed by atoms with van der Waals surface area (Å²) in [7, 11) is 3.07. The summed E-state index contributed by atoms with van der Waals surface area (Å²) in [5.41, 5.74) is 1.11. The van der Waals surface area contributed by atoms with Gasteiger partial charge in [0.15, 0.2) is 11.5 Å². The molecule has 0 bridgehead atoms. The molecule has 140 valence electrons. The molecule has 0 heterocycles. The second-order valence-electron chi connectivity index (χ2n) is 5.32. The zero-order valence-electron chi connectivity index (χ0n) is 15.2. The second kappa shape index (κ2) is 9.64. The zero-order chi connectivity index (χ0) is 19.8. The molecule has 0 aliphatic heterocycles. The van der Waals surface area contributed by atoms with E-state index >= 15 is 0 Å². The van der Waals surface area contributed by atoms with E-state index in [0.29, 0.717) is 39.6 Å². The number of hydrogen-bond acceptors (Lipinski definition) is 5. The first-order valence-corrected chi connectivity index (χ1v) is 8.89. The molecular formula is C20H19BrN2O4. The van der Waals surface area contributed by atoms with Crippen molar-refractivity contribution >= 4 is 33.6 Å². The van der Waals surface area contributed by atoms with Crippen molar-refractivity contribution in [3.8, 4) is 23.3 Å². The lowest BCUT2D eigenvalue weighted by molar-refractivity contribution is -0.112. The van der Waals surface area contributed by atoms with E-state index in [1.165, 1.54) is 13.2 Å². The van der Waals surface area contributed by atoms with E-state index in [2.05, 4.69) is 21.2 Å². The molecule has 0 fully saturated rings. The Bertz CT molecular complexity index is 903. The number of anilines is 1. The van der Waals surface area contributed by atoms with E-state index in [1.54, 1.807) is 43.5 Å². The molecule has 6 nitrogen and oxygen atoms in total. The smallest absolute Gasteiger partial charge is 0.266 e. The Labute approximate surface area is 166 Å². The maximum Gasteiger partial charge on any atom is 0.266 e. The number of nitrogens with zero attached hydrogens (tertiary/aromatic N) is 1. The maximum absolute atomic E-state index is 12.4. The van der Waals surface area contributed by atoms with Gasteiger partial charge >= 0.3 is 0 Å². The van der Waals surface area contributed by atoms with Crippen LogP contribution in [0.3, 0.4) is 0 Å². The van der Waals surface area contributed by atoms with Crippen molar-refractivity contribution in [2.45, 2.75) is 6.92 Å². The monoisotopic (exact) mass is 430 g/mol. The number of ether oxygens (including phenoxy) is 3. The number of rotatable bonds is 7. The molecule has 27 heavy (non-hydrogen) atoms. The predicted octanol–water partition coefficient (Wildman–Crippen LogP) is 4.41. The number of carbonyl (C=O) groups excluding carboxylic acids is 1. The van der Waals surface area contributed by atoms with E-state index in [4.69, 9.17) is 14.2 Å². The van der Waals surface area contributed by atoms with E-state index in [-0.39, 0.29) is 5.57 Å². The first kappa shape index (κ1) is 20.3. The Morgan fingerprint density at radius 3 is 2.67 bits per heavy atom. The minimum atomic E-state index is -0.519. The topological polar surface area (TPSA) is 80.6 Å². The average Bonchev–Trinajstić information content (AvgIpc) is 2.67. The van der Waals surface area contributed by atoms with Gasteiger partial charge in [0.25, 0.3) is 5.91 Å². The van der Waals surface area contributed by atoms with E-state index in [1.807, 2.05) is 13.0 Å². The molecule has 2 aromatic rings. The number of halogens is 1. The number of amides is 1. The molecule has 0 atom stereocenters. The van der Waals surface area contributed by atoms with Gasteiger partial charge in [0, 0.05) is 11.8 Å². The van der Waals surface area contributed by atoms with Crippen molar-refractivity contribution in [2.75, 3.05) is 26.1 Å². The molecule has 1 N–H and O–H groups in total. The van der Waals surface area contributed by atoms with Gasteiger partial charge in [-0.3, -0.25) is 4.79 Å². The highest BCUT2D eigenvalue weighted by atomic mass is 79.9. The van der Waals surface area contributed by atoms with Crippen LogP contribution in [-0.4, -0.2) is 26.7 Å². The van der Waals surface area contributed by atoms with Crippen LogP contribution >= 0.6 is 15.9 Å². The highest BCUT2D eigenvalue weighted by Gasteiger charge is 2.14. The molecular weight excluding hydrogens is 412 g/mol.